The van der Waals surface area contributed by atoms with E-state index in [-0.39, 0.29) is 6.54 Å². The molecule has 74 valence electrons. The Balaban J connectivity index is 2.91. The van der Waals surface area contributed by atoms with E-state index < -0.39 is 5.67 Å². The quantitative estimate of drug-likeness (QED) is 0.771. The van der Waals surface area contributed by atoms with Crippen molar-refractivity contribution in [2.24, 2.45) is 5.73 Å². The fourth-order valence-corrected chi connectivity index (χ4v) is 1.23. The lowest BCUT2D eigenvalue weighted by atomic mass is 9.96. The van der Waals surface area contributed by atoms with Crippen LogP contribution in [0.25, 0.3) is 0 Å². The molecule has 0 aliphatic heterocycles. The minimum atomic E-state index is -1.41. The number of rotatable bonds is 4. The number of aromatic nitrogens is 2. The third kappa shape index (κ3) is 1.88. The molecule has 0 fully saturated rings. The van der Waals surface area contributed by atoms with Crippen molar-refractivity contribution < 1.29 is 4.39 Å². The minimum Gasteiger partial charge on any atom is -0.327 e. The third-order valence-electron chi connectivity index (χ3n) is 2.36. The van der Waals surface area contributed by atoms with E-state index in [1.165, 1.54) is 0 Å². The molecule has 0 spiro atoms. The van der Waals surface area contributed by atoms with Crippen molar-refractivity contribution in [1.82, 2.24) is 9.78 Å². The summed E-state index contributed by atoms with van der Waals surface area (Å²) in [5.41, 5.74) is 4.56. The molecule has 0 aliphatic carbocycles. The summed E-state index contributed by atoms with van der Waals surface area (Å²) < 4.78 is 15.7. The van der Waals surface area contributed by atoms with E-state index in [1.54, 1.807) is 24.0 Å². The standard InChI is InChI=1S/C9H16FN3/c1-3-9(10,7-11)8-5-12-13(4-2)6-8/h5-6H,3-4,7,11H2,1-2H3. The minimum absolute atomic E-state index is 0.0128. The van der Waals surface area contributed by atoms with Crippen molar-refractivity contribution in [1.29, 1.82) is 0 Å². The van der Waals surface area contributed by atoms with Crippen LogP contribution < -0.4 is 5.73 Å². The zero-order valence-corrected chi connectivity index (χ0v) is 8.13. The Bertz CT molecular complexity index is 266. The van der Waals surface area contributed by atoms with E-state index in [4.69, 9.17) is 5.73 Å². The van der Waals surface area contributed by atoms with Crippen molar-refractivity contribution in [3.8, 4) is 0 Å². The number of halogens is 1. The van der Waals surface area contributed by atoms with Gasteiger partial charge in [-0.2, -0.15) is 5.10 Å². The van der Waals surface area contributed by atoms with Gasteiger partial charge in [-0.3, -0.25) is 4.68 Å². The molecule has 1 aromatic heterocycles. The normalized spacial score (nSPS) is 15.7. The summed E-state index contributed by atoms with van der Waals surface area (Å²) in [7, 11) is 0. The molecule has 1 rings (SSSR count). The molecule has 0 bridgehead atoms. The van der Waals surface area contributed by atoms with Gasteiger partial charge in [-0.05, 0) is 13.3 Å². The fraction of sp³-hybridized carbons (Fsp3) is 0.667. The molecule has 13 heavy (non-hydrogen) atoms. The van der Waals surface area contributed by atoms with E-state index in [0.717, 1.165) is 6.54 Å². The van der Waals surface area contributed by atoms with Crippen molar-refractivity contribution in [3.63, 3.8) is 0 Å². The topological polar surface area (TPSA) is 43.8 Å². The first-order chi connectivity index (χ1) is 6.16. The predicted octanol–water partition coefficient (Wildman–Crippen LogP) is 1.44. The molecule has 2 N–H and O–H groups in total. The lowest BCUT2D eigenvalue weighted by Crippen LogP contribution is -2.29. The van der Waals surface area contributed by atoms with Gasteiger partial charge in [0.05, 0.1) is 6.20 Å². The fourth-order valence-electron chi connectivity index (χ4n) is 1.23. The van der Waals surface area contributed by atoms with E-state index >= 15 is 0 Å². The Labute approximate surface area is 77.7 Å². The molecule has 0 saturated heterocycles. The van der Waals surface area contributed by atoms with Crippen LogP contribution in [-0.2, 0) is 12.2 Å². The van der Waals surface area contributed by atoms with Gasteiger partial charge in [0.1, 0.15) is 0 Å². The first kappa shape index (κ1) is 10.2. The number of hydrogen-bond donors (Lipinski definition) is 1. The maximum absolute atomic E-state index is 14.0. The van der Waals surface area contributed by atoms with Gasteiger partial charge < -0.3 is 5.73 Å². The van der Waals surface area contributed by atoms with Crippen LogP contribution in [0.1, 0.15) is 25.8 Å². The van der Waals surface area contributed by atoms with E-state index in [1.807, 2.05) is 6.92 Å². The van der Waals surface area contributed by atoms with E-state index in [0.29, 0.717) is 12.0 Å². The van der Waals surface area contributed by atoms with Crippen molar-refractivity contribution in [3.05, 3.63) is 18.0 Å². The third-order valence-corrected chi connectivity index (χ3v) is 2.36. The second kappa shape index (κ2) is 3.87. The van der Waals surface area contributed by atoms with Gasteiger partial charge in [-0.1, -0.05) is 6.92 Å². The molecule has 1 unspecified atom stereocenters. The SMILES string of the molecule is CCn1cc(C(F)(CC)CN)cn1. The van der Waals surface area contributed by atoms with Gasteiger partial charge in [0.2, 0.25) is 0 Å². The van der Waals surface area contributed by atoms with Crippen molar-refractivity contribution in [2.45, 2.75) is 32.5 Å². The maximum Gasteiger partial charge on any atom is 0.150 e. The zero-order valence-electron chi connectivity index (χ0n) is 8.13. The molecule has 1 heterocycles. The van der Waals surface area contributed by atoms with Crippen LogP contribution in [0.3, 0.4) is 0 Å². The highest BCUT2D eigenvalue weighted by atomic mass is 19.1. The highest BCUT2D eigenvalue weighted by Gasteiger charge is 2.29. The van der Waals surface area contributed by atoms with E-state index in [2.05, 4.69) is 5.10 Å². The Morgan fingerprint density at radius 3 is 2.69 bits per heavy atom. The molecule has 0 aliphatic rings. The van der Waals surface area contributed by atoms with Crippen LogP contribution in [0.5, 0.6) is 0 Å². The number of aryl methyl sites for hydroxylation is 1. The van der Waals surface area contributed by atoms with Gasteiger partial charge in [0, 0.05) is 24.8 Å². The predicted molar refractivity (Wildman–Crippen MR) is 50.0 cm³/mol. The monoisotopic (exact) mass is 185 g/mol. The number of nitrogens with zero attached hydrogens (tertiary/aromatic N) is 2. The molecule has 1 atom stereocenters. The Morgan fingerprint density at radius 1 is 1.62 bits per heavy atom. The van der Waals surface area contributed by atoms with Crippen LogP contribution in [0, 0.1) is 0 Å². The summed E-state index contributed by atoms with van der Waals surface area (Å²) in [5, 5.41) is 4.02. The molecule has 4 heteroatoms. The zero-order chi connectivity index (χ0) is 9.90. The van der Waals surface area contributed by atoms with Crippen LogP contribution in [-0.4, -0.2) is 16.3 Å². The Kier molecular flexibility index (Phi) is 3.03. The summed E-state index contributed by atoms with van der Waals surface area (Å²) in [6.45, 7) is 4.52. The molecular weight excluding hydrogens is 169 g/mol. The summed E-state index contributed by atoms with van der Waals surface area (Å²) in [5.74, 6) is 0. The van der Waals surface area contributed by atoms with Crippen LogP contribution in [0.15, 0.2) is 12.4 Å². The van der Waals surface area contributed by atoms with Gasteiger partial charge in [0.25, 0.3) is 0 Å². The first-order valence-corrected chi connectivity index (χ1v) is 4.58. The second-order valence-corrected chi connectivity index (χ2v) is 3.11. The lowest BCUT2D eigenvalue weighted by Gasteiger charge is -2.19. The largest absolute Gasteiger partial charge is 0.327 e. The summed E-state index contributed by atoms with van der Waals surface area (Å²) >= 11 is 0. The molecular formula is C9H16FN3. The molecule has 0 amide bonds. The van der Waals surface area contributed by atoms with Gasteiger partial charge in [0.15, 0.2) is 5.67 Å². The highest BCUT2D eigenvalue weighted by Crippen LogP contribution is 2.27. The number of hydrogen-bond acceptors (Lipinski definition) is 2. The van der Waals surface area contributed by atoms with Gasteiger partial charge in [-0.15, -0.1) is 0 Å². The molecule has 0 radical (unpaired) electrons. The van der Waals surface area contributed by atoms with E-state index in [9.17, 15) is 4.39 Å². The van der Waals surface area contributed by atoms with Crippen LogP contribution in [0.4, 0.5) is 4.39 Å². The molecule has 0 aromatic carbocycles. The Morgan fingerprint density at radius 2 is 2.31 bits per heavy atom. The summed E-state index contributed by atoms with van der Waals surface area (Å²) in [6, 6.07) is 0. The van der Waals surface area contributed by atoms with Crippen molar-refractivity contribution in [2.75, 3.05) is 6.54 Å². The highest BCUT2D eigenvalue weighted by molar-refractivity contribution is 5.15. The van der Waals surface area contributed by atoms with Crippen molar-refractivity contribution >= 4 is 0 Å². The number of alkyl halides is 1. The number of nitrogens with two attached hydrogens (primary N) is 1. The molecule has 1 aromatic rings. The van der Waals surface area contributed by atoms with Crippen LogP contribution in [0.2, 0.25) is 0 Å². The average Bonchev–Trinajstić information content (AvgIpc) is 2.65. The van der Waals surface area contributed by atoms with Gasteiger partial charge in [-0.25, -0.2) is 4.39 Å². The summed E-state index contributed by atoms with van der Waals surface area (Å²) in [4.78, 5) is 0. The average molecular weight is 185 g/mol. The lowest BCUT2D eigenvalue weighted by molar-refractivity contribution is 0.169. The molecule has 3 nitrogen and oxygen atoms in total. The second-order valence-electron chi connectivity index (χ2n) is 3.11. The smallest absolute Gasteiger partial charge is 0.150 e. The first-order valence-electron chi connectivity index (χ1n) is 4.58. The van der Waals surface area contributed by atoms with Crippen LogP contribution >= 0.6 is 0 Å². The Hall–Kier alpha value is -0.900. The molecule has 0 saturated carbocycles. The maximum atomic E-state index is 14.0. The summed E-state index contributed by atoms with van der Waals surface area (Å²) in [6.07, 6.45) is 3.66. The van der Waals surface area contributed by atoms with Gasteiger partial charge >= 0.3 is 0 Å².